The SMILES string of the molecule is CC1(C)CC2CC(C)(CN2C(=O)COc2cc(C(C)(C)C)cc(C(C)(C)C)c2)C1. The fourth-order valence-electron chi connectivity index (χ4n) is 5.53. The van der Waals surface area contributed by atoms with Crippen LogP contribution in [0.5, 0.6) is 5.75 Å². The highest BCUT2D eigenvalue weighted by molar-refractivity contribution is 5.78. The molecule has 162 valence electrons. The molecule has 0 N–H and O–H groups in total. The molecule has 1 aliphatic carbocycles. The maximum atomic E-state index is 13.1. The predicted molar refractivity (Wildman–Crippen MR) is 121 cm³/mol. The molecule has 1 amide bonds. The van der Waals surface area contributed by atoms with Gasteiger partial charge in [0.2, 0.25) is 0 Å². The molecule has 2 aliphatic rings. The van der Waals surface area contributed by atoms with Crippen molar-refractivity contribution in [1.82, 2.24) is 4.90 Å². The fraction of sp³-hybridized carbons (Fsp3) is 0.731. The molecule has 1 aromatic carbocycles. The number of nitrogens with zero attached hydrogens (tertiary/aromatic N) is 1. The Kier molecular flexibility index (Phi) is 5.37. The van der Waals surface area contributed by atoms with E-state index in [0.717, 1.165) is 25.1 Å². The molecule has 1 saturated carbocycles. The standard InChI is InChI=1S/C26H41NO2/c1-23(2,3)18-10-19(24(4,5)6)12-21(11-18)29-15-22(28)27-17-26(9)14-20(27)13-25(7,8)16-26/h10-12,20H,13-17H2,1-9H3. The van der Waals surface area contributed by atoms with Gasteiger partial charge in [0.25, 0.3) is 5.91 Å². The van der Waals surface area contributed by atoms with Crippen molar-refractivity contribution in [1.29, 1.82) is 0 Å². The second-order valence-corrected chi connectivity index (χ2v) is 12.8. The number of carbonyl (C=O) groups excluding carboxylic acids is 1. The van der Waals surface area contributed by atoms with Crippen molar-refractivity contribution >= 4 is 5.91 Å². The molecule has 3 nitrogen and oxygen atoms in total. The molecule has 0 radical (unpaired) electrons. The van der Waals surface area contributed by atoms with E-state index < -0.39 is 0 Å². The van der Waals surface area contributed by atoms with Crippen molar-refractivity contribution in [3.63, 3.8) is 0 Å². The van der Waals surface area contributed by atoms with E-state index >= 15 is 0 Å². The van der Waals surface area contributed by atoms with Gasteiger partial charge in [-0.2, -0.15) is 0 Å². The van der Waals surface area contributed by atoms with Gasteiger partial charge < -0.3 is 9.64 Å². The molecule has 2 unspecified atom stereocenters. The molecule has 2 bridgehead atoms. The quantitative estimate of drug-likeness (QED) is 0.616. The molecule has 29 heavy (non-hydrogen) atoms. The summed E-state index contributed by atoms with van der Waals surface area (Å²) >= 11 is 0. The van der Waals surface area contributed by atoms with Crippen LogP contribution in [0.2, 0.25) is 0 Å². The number of carbonyl (C=O) groups is 1. The van der Waals surface area contributed by atoms with Crippen LogP contribution in [0.4, 0.5) is 0 Å². The van der Waals surface area contributed by atoms with Gasteiger partial charge in [0.15, 0.2) is 6.61 Å². The van der Waals surface area contributed by atoms with Crippen LogP contribution in [-0.4, -0.2) is 30.0 Å². The largest absolute Gasteiger partial charge is 0.484 e. The number of ether oxygens (including phenoxy) is 1. The first-order chi connectivity index (χ1) is 13.1. The van der Waals surface area contributed by atoms with E-state index in [2.05, 4.69) is 85.4 Å². The Morgan fingerprint density at radius 1 is 1.00 bits per heavy atom. The average molecular weight is 400 g/mol. The van der Waals surface area contributed by atoms with Gasteiger partial charge in [0, 0.05) is 12.6 Å². The number of benzene rings is 1. The molecule has 0 aromatic heterocycles. The number of hydrogen-bond acceptors (Lipinski definition) is 2. The van der Waals surface area contributed by atoms with Crippen molar-refractivity contribution in [2.75, 3.05) is 13.2 Å². The number of rotatable bonds is 3. The summed E-state index contributed by atoms with van der Waals surface area (Å²) < 4.78 is 6.09. The molecular weight excluding hydrogens is 358 g/mol. The van der Waals surface area contributed by atoms with E-state index in [4.69, 9.17) is 4.74 Å². The number of amides is 1. The Labute approximate surface area is 178 Å². The molecule has 2 fully saturated rings. The minimum absolute atomic E-state index is 0.0373. The second kappa shape index (κ2) is 7.03. The van der Waals surface area contributed by atoms with E-state index in [9.17, 15) is 4.79 Å². The summed E-state index contributed by atoms with van der Waals surface area (Å²) in [5, 5.41) is 0. The lowest BCUT2D eigenvalue weighted by molar-refractivity contribution is -0.134. The van der Waals surface area contributed by atoms with E-state index in [-0.39, 0.29) is 28.8 Å². The molecule has 3 rings (SSSR count). The van der Waals surface area contributed by atoms with Crippen molar-refractivity contribution in [3.8, 4) is 5.75 Å². The minimum Gasteiger partial charge on any atom is -0.484 e. The Balaban J connectivity index is 1.75. The summed E-state index contributed by atoms with van der Waals surface area (Å²) in [5.74, 6) is 0.944. The van der Waals surface area contributed by atoms with E-state index in [0.29, 0.717) is 11.5 Å². The zero-order chi connectivity index (χ0) is 21.8. The second-order valence-electron chi connectivity index (χ2n) is 12.8. The summed E-state index contributed by atoms with van der Waals surface area (Å²) in [6.45, 7) is 21.3. The van der Waals surface area contributed by atoms with Crippen LogP contribution in [0.1, 0.15) is 92.7 Å². The minimum atomic E-state index is 0.0373. The first kappa shape index (κ1) is 22.2. The van der Waals surface area contributed by atoms with Gasteiger partial charge in [-0.3, -0.25) is 4.79 Å². The molecule has 2 atom stereocenters. The summed E-state index contributed by atoms with van der Waals surface area (Å²) in [7, 11) is 0. The third kappa shape index (κ3) is 4.98. The summed E-state index contributed by atoms with van der Waals surface area (Å²) in [4.78, 5) is 15.2. The zero-order valence-corrected chi connectivity index (χ0v) is 20.1. The molecule has 3 heteroatoms. The van der Waals surface area contributed by atoms with Gasteiger partial charge in [-0.25, -0.2) is 0 Å². The summed E-state index contributed by atoms with van der Waals surface area (Å²) in [6, 6.07) is 6.86. The highest BCUT2D eigenvalue weighted by Gasteiger charge is 2.50. The number of fused-ring (bicyclic) bond motifs is 2. The zero-order valence-electron chi connectivity index (χ0n) is 20.1. The first-order valence-electron chi connectivity index (χ1n) is 11.2. The Hall–Kier alpha value is -1.51. The van der Waals surface area contributed by atoms with Crippen LogP contribution >= 0.6 is 0 Å². The lowest BCUT2D eigenvalue weighted by atomic mass is 9.65. The van der Waals surface area contributed by atoms with Crippen molar-refractivity contribution in [2.45, 2.75) is 98.4 Å². The third-order valence-electron chi connectivity index (χ3n) is 6.74. The average Bonchev–Trinajstić information content (AvgIpc) is 2.79. The van der Waals surface area contributed by atoms with Crippen molar-refractivity contribution in [2.24, 2.45) is 10.8 Å². The highest BCUT2D eigenvalue weighted by Crippen LogP contribution is 2.52. The lowest BCUT2D eigenvalue weighted by Gasteiger charge is -2.39. The van der Waals surface area contributed by atoms with Gasteiger partial charge in [-0.1, -0.05) is 68.4 Å². The normalized spacial score (nSPS) is 26.5. The van der Waals surface area contributed by atoms with Gasteiger partial charge in [0.1, 0.15) is 5.75 Å². The monoisotopic (exact) mass is 399 g/mol. The van der Waals surface area contributed by atoms with Gasteiger partial charge in [-0.05, 0) is 64.2 Å². The van der Waals surface area contributed by atoms with Crippen molar-refractivity contribution < 1.29 is 9.53 Å². The number of hydrogen-bond donors (Lipinski definition) is 0. The molecule has 0 spiro atoms. The van der Waals surface area contributed by atoms with Gasteiger partial charge in [-0.15, -0.1) is 0 Å². The van der Waals surface area contributed by atoms with Crippen molar-refractivity contribution in [3.05, 3.63) is 29.3 Å². The Bertz CT molecular complexity index is 749. The Morgan fingerprint density at radius 2 is 1.55 bits per heavy atom. The fourth-order valence-corrected chi connectivity index (χ4v) is 5.53. The van der Waals surface area contributed by atoms with Crippen LogP contribution in [0.15, 0.2) is 18.2 Å². The van der Waals surface area contributed by atoms with E-state index in [1.165, 1.54) is 17.5 Å². The van der Waals surface area contributed by atoms with Crippen LogP contribution in [0.25, 0.3) is 0 Å². The number of likely N-dealkylation sites (tertiary alicyclic amines) is 1. The molecule has 1 aromatic rings. The van der Waals surface area contributed by atoms with E-state index in [1.807, 2.05) is 0 Å². The maximum Gasteiger partial charge on any atom is 0.260 e. The predicted octanol–water partition coefficient (Wildman–Crippen LogP) is 6.09. The van der Waals surface area contributed by atoms with Crippen LogP contribution in [-0.2, 0) is 15.6 Å². The van der Waals surface area contributed by atoms with Gasteiger partial charge >= 0.3 is 0 Å². The summed E-state index contributed by atoms with van der Waals surface area (Å²) in [6.07, 6.45) is 3.43. The Morgan fingerprint density at radius 3 is 2.07 bits per heavy atom. The first-order valence-corrected chi connectivity index (χ1v) is 11.2. The maximum absolute atomic E-state index is 13.1. The van der Waals surface area contributed by atoms with Gasteiger partial charge in [0.05, 0.1) is 0 Å². The lowest BCUT2D eigenvalue weighted by Crippen LogP contribution is -2.40. The topological polar surface area (TPSA) is 29.5 Å². The highest BCUT2D eigenvalue weighted by atomic mass is 16.5. The third-order valence-corrected chi connectivity index (χ3v) is 6.74. The van der Waals surface area contributed by atoms with E-state index in [1.54, 1.807) is 0 Å². The van der Waals surface area contributed by atoms with Crippen LogP contribution < -0.4 is 4.74 Å². The smallest absolute Gasteiger partial charge is 0.260 e. The molecular formula is C26H41NO2. The molecule has 1 heterocycles. The molecule has 1 aliphatic heterocycles. The summed E-state index contributed by atoms with van der Waals surface area (Å²) in [5.41, 5.74) is 3.15. The van der Waals surface area contributed by atoms with Crippen LogP contribution in [0.3, 0.4) is 0 Å². The van der Waals surface area contributed by atoms with Crippen LogP contribution in [0, 0.1) is 10.8 Å². The molecule has 1 saturated heterocycles.